The molecule has 0 fully saturated rings. The van der Waals surface area contributed by atoms with Crippen LogP contribution in [0.15, 0.2) is 16.1 Å². The van der Waals surface area contributed by atoms with Crippen LogP contribution in [0.5, 0.6) is 5.75 Å². The first kappa shape index (κ1) is 6.15. The van der Waals surface area contributed by atoms with Gasteiger partial charge in [-0.3, -0.25) is 9.78 Å². The quantitative estimate of drug-likeness (QED) is 0.348. The molecule has 9 heavy (non-hydrogen) atoms. The van der Waals surface area contributed by atoms with E-state index in [9.17, 15) is 4.79 Å². The highest BCUT2D eigenvalue weighted by atomic mass is 32.1. The molecule has 5 heteroatoms. The Bertz CT molecular complexity index is 270. The average Bonchev–Trinajstić information content (AvgIpc) is 1.80. The van der Waals surface area contributed by atoms with Crippen LogP contribution in [0.1, 0.15) is 0 Å². The van der Waals surface area contributed by atoms with Crippen molar-refractivity contribution in [3.05, 3.63) is 16.6 Å². The summed E-state index contributed by atoms with van der Waals surface area (Å²) in [4.78, 5) is 16.1. The number of aromatic hydroxyl groups is 1. The Kier molecular flexibility index (Phi) is 1.44. The maximum atomic E-state index is 10.4. The first-order valence-corrected chi connectivity index (χ1v) is 2.62. The Hall–Kier alpha value is -0.970. The smallest absolute Gasteiger partial charge is 0.293 e. The van der Waals surface area contributed by atoms with E-state index in [1.807, 2.05) is 0 Å². The predicted molar refractivity (Wildman–Crippen MR) is 33.8 cm³/mol. The Morgan fingerprint density at radius 2 is 2.44 bits per heavy atom. The fourth-order valence-electron chi connectivity index (χ4n) is 0.379. The minimum absolute atomic E-state index is 0.192. The maximum absolute atomic E-state index is 10.4. The second-order valence-electron chi connectivity index (χ2n) is 1.42. The van der Waals surface area contributed by atoms with E-state index >= 15 is 0 Å². The summed E-state index contributed by atoms with van der Waals surface area (Å²) in [5.74, 6) is -0.396. The van der Waals surface area contributed by atoms with E-state index in [0.29, 0.717) is 0 Å². The van der Waals surface area contributed by atoms with Gasteiger partial charge in [0, 0.05) is 0 Å². The van der Waals surface area contributed by atoms with Crippen LogP contribution < -0.4 is 5.56 Å². The zero-order chi connectivity index (χ0) is 6.85. The summed E-state index contributed by atoms with van der Waals surface area (Å²) in [6, 6.07) is 0. The molecule has 0 aliphatic rings. The van der Waals surface area contributed by atoms with E-state index in [0.717, 1.165) is 6.20 Å². The van der Waals surface area contributed by atoms with Gasteiger partial charge in [0.1, 0.15) is 0 Å². The Morgan fingerprint density at radius 1 is 1.78 bits per heavy atom. The fraction of sp³-hybridized carbons (Fsp3) is 0. The number of aromatic amines is 1. The van der Waals surface area contributed by atoms with Crippen LogP contribution in [0.3, 0.4) is 0 Å². The van der Waals surface area contributed by atoms with Gasteiger partial charge in [-0.05, 0) is 0 Å². The normalized spacial score (nSPS) is 9.44. The van der Waals surface area contributed by atoms with E-state index in [4.69, 9.17) is 5.11 Å². The third-order valence-electron chi connectivity index (χ3n) is 0.767. The van der Waals surface area contributed by atoms with Crippen molar-refractivity contribution in [3.63, 3.8) is 0 Å². The number of thiol groups is 1. The third-order valence-corrected chi connectivity index (χ3v) is 0.994. The van der Waals surface area contributed by atoms with Crippen LogP contribution in [0.25, 0.3) is 0 Å². The van der Waals surface area contributed by atoms with Crippen LogP contribution in [0.4, 0.5) is 0 Å². The van der Waals surface area contributed by atoms with Crippen molar-refractivity contribution in [2.24, 2.45) is 0 Å². The van der Waals surface area contributed by atoms with Crippen LogP contribution >= 0.6 is 12.6 Å². The van der Waals surface area contributed by atoms with Gasteiger partial charge in [-0.1, -0.05) is 0 Å². The minimum atomic E-state index is -0.574. The van der Waals surface area contributed by atoms with Crippen molar-refractivity contribution in [1.82, 2.24) is 9.97 Å². The van der Waals surface area contributed by atoms with Gasteiger partial charge >= 0.3 is 0 Å². The molecule has 0 amide bonds. The monoisotopic (exact) mass is 144 g/mol. The summed E-state index contributed by atoms with van der Waals surface area (Å²) in [6.07, 6.45) is 1.04. The first-order chi connectivity index (χ1) is 4.20. The molecule has 0 aliphatic heterocycles. The van der Waals surface area contributed by atoms with Crippen molar-refractivity contribution >= 4 is 12.6 Å². The van der Waals surface area contributed by atoms with Crippen molar-refractivity contribution in [2.45, 2.75) is 5.16 Å². The topological polar surface area (TPSA) is 66.0 Å². The summed E-state index contributed by atoms with van der Waals surface area (Å²) in [5, 5.41) is 8.80. The lowest BCUT2D eigenvalue weighted by Crippen LogP contribution is -2.05. The molecule has 0 bridgehead atoms. The predicted octanol–water partition coefficient (Wildman–Crippen LogP) is -0.236. The van der Waals surface area contributed by atoms with Crippen LogP contribution in [0, 0.1) is 0 Å². The number of hydrogen-bond donors (Lipinski definition) is 3. The Balaban J connectivity index is 3.34. The van der Waals surface area contributed by atoms with Gasteiger partial charge in [0.2, 0.25) is 0 Å². The van der Waals surface area contributed by atoms with Crippen LogP contribution in [-0.4, -0.2) is 15.1 Å². The Labute approximate surface area is 56.0 Å². The van der Waals surface area contributed by atoms with E-state index in [2.05, 4.69) is 22.6 Å². The molecule has 0 saturated heterocycles. The number of rotatable bonds is 0. The fourth-order valence-corrected chi connectivity index (χ4v) is 0.538. The number of H-pyrrole nitrogens is 1. The molecule has 0 saturated carbocycles. The Morgan fingerprint density at radius 3 is 2.89 bits per heavy atom. The van der Waals surface area contributed by atoms with Gasteiger partial charge in [-0.15, -0.1) is 12.6 Å². The number of aromatic nitrogens is 2. The zero-order valence-corrected chi connectivity index (χ0v) is 5.22. The lowest BCUT2D eigenvalue weighted by molar-refractivity contribution is 0.460. The molecule has 1 rings (SSSR count). The first-order valence-electron chi connectivity index (χ1n) is 2.17. The standard InChI is InChI=1S/C4H4N2O2S/c7-2-1-5-4(9)6-3(2)8/h1,7H,(H2,5,6,8,9). The summed E-state index contributed by atoms with van der Waals surface area (Å²) >= 11 is 3.72. The van der Waals surface area contributed by atoms with E-state index in [-0.39, 0.29) is 5.16 Å². The van der Waals surface area contributed by atoms with E-state index in [1.165, 1.54) is 0 Å². The number of nitrogens with one attached hydrogen (secondary N) is 1. The lowest BCUT2D eigenvalue weighted by Gasteiger charge is -1.88. The minimum Gasteiger partial charge on any atom is -0.502 e. The molecule has 0 atom stereocenters. The molecular formula is C4H4N2O2S. The highest BCUT2D eigenvalue weighted by Gasteiger charge is 1.93. The SMILES string of the molecule is O=c1[nH]c(S)ncc1O. The molecule has 0 spiro atoms. The largest absolute Gasteiger partial charge is 0.502 e. The summed E-state index contributed by atoms with van der Waals surface area (Å²) in [7, 11) is 0. The lowest BCUT2D eigenvalue weighted by atomic mass is 10.6. The molecule has 4 nitrogen and oxygen atoms in total. The maximum Gasteiger partial charge on any atom is 0.293 e. The van der Waals surface area contributed by atoms with Gasteiger partial charge in [-0.25, -0.2) is 4.98 Å². The molecule has 0 aromatic carbocycles. The van der Waals surface area contributed by atoms with Gasteiger partial charge in [0.25, 0.3) is 5.56 Å². The highest BCUT2D eigenvalue weighted by molar-refractivity contribution is 7.80. The average molecular weight is 144 g/mol. The molecule has 0 aliphatic carbocycles. The summed E-state index contributed by atoms with van der Waals surface area (Å²) in [6.45, 7) is 0. The van der Waals surface area contributed by atoms with Gasteiger partial charge < -0.3 is 5.11 Å². The zero-order valence-electron chi connectivity index (χ0n) is 4.33. The van der Waals surface area contributed by atoms with Crippen LogP contribution in [0.2, 0.25) is 0 Å². The van der Waals surface area contributed by atoms with Crippen LogP contribution in [-0.2, 0) is 0 Å². The van der Waals surface area contributed by atoms with Crippen molar-refractivity contribution in [1.29, 1.82) is 0 Å². The van der Waals surface area contributed by atoms with Gasteiger partial charge in [0.05, 0.1) is 6.20 Å². The molecule has 1 aromatic rings. The summed E-state index contributed by atoms with van der Waals surface area (Å²) < 4.78 is 0. The molecule has 0 unspecified atom stereocenters. The molecule has 0 radical (unpaired) electrons. The van der Waals surface area contributed by atoms with Crippen molar-refractivity contribution in [2.75, 3.05) is 0 Å². The van der Waals surface area contributed by atoms with Crippen molar-refractivity contribution < 1.29 is 5.11 Å². The van der Waals surface area contributed by atoms with E-state index in [1.54, 1.807) is 0 Å². The number of hydrogen-bond acceptors (Lipinski definition) is 4. The second kappa shape index (κ2) is 2.10. The summed E-state index contributed by atoms with van der Waals surface area (Å²) in [5.41, 5.74) is -0.574. The molecule has 1 aromatic heterocycles. The second-order valence-corrected chi connectivity index (χ2v) is 1.84. The van der Waals surface area contributed by atoms with Gasteiger partial charge in [-0.2, -0.15) is 0 Å². The van der Waals surface area contributed by atoms with E-state index < -0.39 is 11.3 Å². The molecular weight excluding hydrogens is 140 g/mol. The van der Waals surface area contributed by atoms with Gasteiger partial charge in [0.15, 0.2) is 10.9 Å². The van der Waals surface area contributed by atoms with Crippen molar-refractivity contribution in [3.8, 4) is 5.75 Å². The molecule has 48 valence electrons. The highest BCUT2D eigenvalue weighted by Crippen LogP contribution is 1.96. The third kappa shape index (κ3) is 1.23. The molecule has 1 heterocycles. The molecule has 2 N–H and O–H groups in total. The number of nitrogens with zero attached hydrogens (tertiary/aromatic N) is 1.